The summed E-state index contributed by atoms with van der Waals surface area (Å²) in [5.74, 6) is 2.71. The lowest BCUT2D eigenvalue weighted by molar-refractivity contribution is 0.281. The van der Waals surface area contributed by atoms with Gasteiger partial charge in [0.15, 0.2) is 5.96 Å². The lowest BCUT2D eigenvalue weighted by Gasteiger charge is -2.25. The SMILES string of the molecule is CCNC(=NCCS(=O)(=O)NCC1CCC1)N(C)CCOc1ccc(OC)cc1. The van der Waals surface area contributed by atoms with Crippen LogP contribution in [0.3, 0.4) is 0 Å². The fraction of sp³-hybridized carbons (Fsp3) is 0.650. The molecule has 0 bridgehead atoms. The standard InChI is InChI=1S/C20H34N4O4S/c1-4-21-20(22-12-15-29(25,26)23-16-17-6-5-7-17)24(2)13-14-28-19-10-8-18(27-3)9-11-19/h8-11,17,23H,4-7,12-16H2,1-3H3,(H,21,22). The van der Waals surface area contributed by atoms with Gasteiger partial charge in [-0.3, -0.25) is 4.99 Å². The Morgan fingerprint density at radius 3 is 2.52 bits per heavy atom. The summed E-state index contributed by atoms with van der Waals surface area (Å²) in [6.07, 6.45) is 3.44. The number of nitrogens with one attached hydrogen (secondary N) is 2. The summed E-state index contributed by atoms with van der Waals surface area (Å²) in [5.41, 5.74) is 0. The molecule has 1 aliphatic rings. The number of benzene rings is 1. The molecule has 9 heteroatoms. The number of sulfonamides is 1. The van der Waals surface area contributed by atoms with Crippen molar-refractivity contribution in [3.8, 4) is 11.5 Å². The Morgan fingerprint density at radius 1 is 1.24 bits per heavy atom. The van der Waals surface area contributed by atoms with Crippen molar-refractivity contribution < 1.29 is 17.9 Å². The largest absolute Gasteiger partial charge is 0.497 e. The van der Waals surface area contributed by atoms with Crippen molar-refractivity contribution in [3.05, 3.63) is 24.3 Å². The van der Waals surface area contributed by atoms with Crippen molar-refractivity contribution in [2.24, 2.45) is 10.9 Å². The summed E-state index contributed by atoms with van der Waals surface area (Å²) < 4.78 is 37.8. The summed E-state index contributed by atoms with van der Waals surface area (Å²) in [7, 11) is 0.246. The second kappa shape index (κ2) is 11.9. The summed E-state index contributed by atoms with van der Waals surface area (Å²) in [6.45, 7) is 4.54. The van der Waals surface area contributed by atoms with Crippen molar-refractivity contribution in [1.82, 2.24) is 14.9 Å². The van der Waals surface area contributed by atoms with Gasteiger partial charge in [0, 0.05) is 20.1 Å². The number of ether oxygens (including phenoxy) is 2. The van der Waals surface area contributed by atoms with E-state index in [0.717, 1.165) is 24.3 Å². The van der Waals surface area contributed by atoms with Crippen molar-refractivity contribution in [1.29, 1.82) is 0 Å². The van der Waals surface area contributed by atoms with Gasteiger partial charge in [-0.05, 0) is 49.9 Å². The van der Waals surface area contributed by atoms with Crippen LogP contribution >= 0.6 is 0 Å². The molecule has 1 aliphatic carbocycles. The van der Waals surface area contributed by atoms with E-state index >= 15 is 0 Å². The summed E-state index contributed by atoms with van der Waals surface area (Å²) >= 11 is 0. The van der Waals surface area contributed by atoms with E-state index in [0.29, 0.717) is 38.1 Å². The van der Waals surface area contributed by atoms with Crippen LogP contribution in [-0.4, -0.2) is 72.0 Å². The number of aliphatic imine (C=N–C) groups is 1. The van der Waals surface area contributed by atoms with E-state index in [1.165, 1.54) is 6.42 Å². The Bertz CT molecular complexity index is 733. The van der Waals surface area contributed by atoms with Gasteiger partial charge in [0.2, 0.25) is 10.0 Å². The first-order chi connectivity index (χ1) is 13.9. The third kappa shape index (κ3) is 8.49. The fourth-order valence-electron chi connectivity index (χ4n) is 2.83. The Labute approximate surface area is 174 Å². The van der Waals surface area contributed by atoms with Crippen LogP contribution in [0.4, 0.5) is 0 Å². The van der Waals surface area contributed by atoms with Gasteiger partial charge >= 0.3 is 0 Å². The number of hydrogen-bond acceptors (Lipinski definition) is 5. The van der Waals surface area contributed by atoms with Crippen LogP contribution in [0.15, 0.2) is 29.3 Å². The molecular weight excluding hydrogens is 392 g/mol. The average molecular weight is 427 g/mol. The minimum Gasteiger partial charge on any atom is -0.497 e. The van der Waals surface area contributed by atoms with E-state index in [9.17, 15) is 8.42 Å². The molecule has 0 spiro atoms. The maximum atomic E-state index is 12.1. The Morgan fingerprint density at radius 2 is 1.93 bits per heavy atom. The highest BCUT2D eigenvalue weighted by atomic mass is 32.2. The normalized spacial score (nSPS) is 14.9. The zero-order valence-corrected chi connectivity index (χ0v) is 18.5. The van der Waals surface area contributed by atoms with E-state index < -0.39 is 10.0 Å². The van der Waals surface area contributed by atoms with Gasteiger partial charge in [0.1, 0.15) is 18.1 Å². The molecule has 0 heterocycles. The van der Waals surface area contributed by atoms with Gasteiger partial charge in [0.25, 0.3) is 0 Å². The van der Waals surface area contributed by atoms with E-state index in [2.05, 4.69) is 15.0 Å². The Balaban J connectivity index is 1.76. The third-order valence-electron chi connectivity index (χ3n) is 4.89. The van der Waals surface area contributed by atoms with Gasteiger partial charge < -0.3 is 19.7 Å². The first kappa shape index (κ1) is 23.3. The van der Waals surface area contributed by atoms with Crippen molar-refractivity contribution in [2.45, 2.75) is 26.2 Å². The van der Waals surface area contributed by atoms with Gasteiger partial charge in [-0.2, -0.15) is 0 Å². The Hall–Kier alpha value is -2.00. The summed E-state index contributed by atoms with van der Waals surface area (Å²) in [4.78, 5) is 6.38. The molecule has 1 saturated carbocycles. The molecule has 0 atom stereocenters. The van der Waals surface area contributed by atoms with Gasteiger partial charge in [0.05, 0.1) is 26.0 Å². The third-order valence-corrected chi connectivity index (χ3v) is 6.22. The molecule has 0 saturated heterocycles. The van der Waals surface area contributed by atoms with E-state index in [1.807, 2.05) is 43.1 Å². The highest BCUT2D eigenvalue weighted by molar-refractivity contribution is 7.89. The van der Waals surface area contributed by atoms with Gasteiger partial charge in [-0.15, -0.1) is 0 Å². The number of methoxy groups -OCH3 is 1. The molecule has 164 valence electrons. The smallest absolute Gasteiger partial charge is 0.213 e. The lowest BCUT2D eigenvalue weighted by atomic mass is 9.86. The number of likely N-dealkylation sites (N-methyl/N-ethyl adjacent to an activating group) is 1. The second-order valence-corrected chi connectivity index (χ2v) is 9.07. The van der Waals surface area contributed by atoms with Crippen LogP contribution in [-0.2, 0) is 10.0 Å². The minimum atomic E-state index is -3.29. The van der Waals surface area contributed by atoms with E-state index in [1.54, 1.807) is 7.11 Å². The molecule has 29 heavy (non-hydrogen) atoms. The quantitative estimate of drug-likeness (QED) is 0.390. The maximum Gasteiger partial charge on any atom is 0.213 e. The van der Waals surface area contributed by atoms with Crippen molar-refractivity contribution >= 4 is 16.0 Å². The molecule has 0 amide bonds. The summed E-state index contributed by atoms with van der Waals surface area (Å²) in [5, 5.41) is 3.19. The van der Waals surface area contributed by atoms with E-state index in [4.69, 9.17) is 9.47 Å². The monoisotopic (exact) mass is 426 g/mol. The molecule has 1 aromatic rings. The van der Waals surface area contributed by atoms with E-state index in [-0.39, 0.29) is 12.3 Å². The highest BCUT2D eigenvalue weighted by Gasteiger charge is 2.20. The molecule has 0 aliphatic heterocycles. The first-order valence-electron chi connectivity index (χ1n) is 10.2. The van der Waals surface area contributed by atoms with Crippen LogP contribution in [0.5, 0.6) is 11.5 Å². The first-order valence-corrected chi connectivity index (χ1v) is 11.8. The summed E-state index contributed by atoms with van der Waals surface area (Å²) in [6, 6.07) is 7.42. The molecule has 1 aromatic carbocycles. The van der Waals surface area contributed by atoms with Gasteiger partial charge in [-0.25, -0.2) is 13.1 Å². The molecule has 0 aromatic heterocycles. The topological polar surface area (TPSA) is 92.3 Å². The molecule has 8 nitrogen and oxygen atoms in total. The molecule has 0 unspecified atom stereocenters. The van der Waals surface area contributed by atoms with Gasteiger partial charge in [-0.1, -0.05) is 6.42 Å². The number of hydrogen-bond donors (Lipinski definition) is 2. The second-order valence-electron chi connectivity index (χ2n) is 7.15. The lowest BCUT2D eigenvalue weighted by Crippen LogP contribution is -2.41. The Kier molecular flexibility index (Phi) is 9.53. The van der Waals surface area contributed by atoms with Crippen molar-refractivity contribution in [3.63, 3.8) is 0 Å². The molecular formula is C20H34N4O4S. The number of rotatable bonds is 12. The maximum absolute atomic E-state index is 12.1. The van der Waals surface area contributed by atoms with Crippen LogP contribution in [0.2, 0.25) is 0 Å². The fourth-order valence-corrected chi connectivity index (χ4v) is 3.80. The minimum absolute atomic E-state index is 0.00912. The highest BCUT2D eigenvalue weighted by Crippen LogP contribution is 2.25. The molecule has 2 rings (SSSR count). The van der Waals surface area contributed by atoms with Crippen molar-refractivity contribution in [2.75, 3.05) is 52.7 Å². The number of guanidine groups is 1. The van der Waals surface area contributed by atoms with Crippen LogP contribution in [0.25, 0.3) is 0 Å². The van der Waals surface area contributed by atoms with Crippen LogP contribution in [0.1, 0.15) is 26.2 Å². The molecule has 2 N–H and O–H groups in total. The average Bonchev–Trinajstić information content (AvgIpc) is 2.66. The molecule has 0 radical (unpaired) electrons. The molecule has 1 fully saturated rings. The van der Waals surface area contributed by atoms with Crippen LogP contribution in [0, 0.1) is 5.92 Å². The number of nitrogens with zero attached hydrogens (tertiary/aromatic N) is 2. The predicted octanol–water partition coefficient (Wildman–Crippen LogP) is 1.69. The zero-order chi connectivity index (χ0) is 21.1. The van der Waals surface area contributed by atoms with Crippen LogP contribution < -0.4 is 19.5 Å². The zero-order valence-electron chi connectivity index (χ0n) is 17.7. The predicted molar refractivity (Wildman–Crippen MR) is 116 cm³/mol.